The van der Waals surface area contributed by atoms with Crippen LogP contribution in [0.3, 0.4) is 0 Å². The zero-order chi connectivity index (χ0) is 17.6. The molecule has 2 aliphatic heterocycles. The van der Waals surface area contributed by atoms with Crippen molar-refractivity contribution in [2.24, 2.45) is 5.92 Å². The minimum atomic E-state index is 0.128. The van der Waals surface area contributed by atoms with Gasteiger partial charge in [0.1, 0.15) is 6.54 Å². The van der Waals surface area contributed by atoms with Crippen molar-refractivity contribution in [3.05, 3.63) is 56.4 Å². The Morgan fingerprint density at radius 1 is 1.36 bits per heavy atom. The fourth-order valence-electron chi connectivity index (χ4n) is 4.44. The Labute approximate surface area is 155 Å². The average molecular weight is 406 g/mol. The van der Waals surface area contributed by atoms with Crippen LogP contribution in [0.2, 0.25) is 0 Å². The first kappa shape index (κ1) is 16.7. The molecule has 1 saturated heterocycles. The number of aromatic hydroxyl groups is 1. The third-order valence-electron chi connectivity index (χ3n) is 5.44. The topological polar surface area (TPSA) is 55.9 Å². The summed E-state index contributed by atoms with van der Waals surface area (Å²) >= 11 is 3.40. The van der Waals surface area contributed by atoms with E-state index in [1.165, 1.54) is 17.0 Å². The summed E-state index contributed by atoms with van der Waals surface area (Å²) in [5, 5.41) is 9.98. The van der Waals surface area contributed by atoms with Crippen molar-refractivity contribution in [1.82, 2.24) is 4.57 Å². The molecule has 2 bridgehead atoms. The summed E-state index contributed by atoms with van der Waals surface area (Å²) in [6.45, 7) is 3.82. The molecule has 1 unspecified atom stereocenters. The predicted molar refractivity (Wildman–Crippen MR) is 98.3 cm³/mol. The van der Waals surface area contributed by atoms with E-state index < -0.39 is 0 Å². The Hall–Kier alpha value is -1.79. The van der Waals surface area contributed by atoms with Crippen LogP contribution in [-0.4, -0.2) is 29.9 Å². The van der Waals surface area contributed by atoms with E-state index in [1.54, 1.807) is 13.2 Å². The number of hydrogen-bond acceptors (Lipinski definition) is 3. The molecule has 0 saturated carbocycles. The highest BCUT2D eigenvalue weighted by Gasteiger charge is 2.37. The SMILES string of the molecule is COc1cc(C[NH+]2C[C@H]3C[C@@H](C2)c2cccc(=O)n2C3)cc(Br)c1O. The second kappa shape index (κ2) is 6.50. The molecule has 3 heterocycles. The average Bonchev–Trinajstić information content (AvgIpc) is 2.59. The zero-order valence-corrected chi connectivity index (χ0v) is 15.8. The number of nitrogens with one attached hydrogen (secondary N) is 1. The van der Waals surface area contributed by atoms with Crippen molar-refractivity contribution >= 4 is 15.9 Å². The maximum atomic E-state index is 12.1. The van der Waals surface area contributed by atoms with Crippen LogP contribution in [0.4, 0.5) is 0 Å². The lowest BCUT2D eigenvalue weighted by molar-refractivity contribution is -0.924. The van der Waals surface area contributed by atoms with Crippen LogP contribution >= 0.6 is 15.9 Å². The van der Waals surface area contributed by atoms with Gasteiger partial charge in [0.05, 0.1) is 24.7 Å². The van der Waals surface area contributed by atoms with E-state index in [4.69, 9.17) is 4.74 Å². The Balaban J connectivity index is 1.57. The first-order valence-corrected chi connectivity index (χ1v) is 9.43. The summed E-state index contributed by atoms with van der Waals surface area (Å²) in [4.78, 5) is 13.6. The number of ether oxygens (including phenoxy) is 1. The van der Waals surface area contributed by atoms with Gasteiger partial charge in [-0.15, -0.1) is 0 Å². The number of nitrogens with zero attached hydrogens (tertiary/aromatic N) is 1. The molecule has 2 N–H and O–H groups in total. The largest absolute Gasteiger partial charge is 0.503 e. The molecule has 0 aliphatic carbocycles. The van der Waals surface area contributed by atoms with Crippen LogP contribution in [0.25, 0.3) is 0 Å². The van der Waals surface area contributed by atoms with Gasteiger partial charge >= 0.3 is 0 Å². The standard InChI is InChI=1S/C19H21BrN2O3/c1-25-17-7-12(6-15(20)19(17)24)8-21-9-13-5-14(11-21)16-3-2-4-18(23)22(16)10-13/h2-4,6-7,13-14,24H,5,8-11H2,1H3/p+1/t13-,14+/m1/s1. The Morgan fingerprint density at radius 3 is 3.00 bits per heavy atom. The first-order chi connectivity index (χ1) is 12.0. The lowest BCUT2D eigenvalue weighted by Gasteiger charge is -2.40. The van der Waals surface area contributed by atoms with Gasteiger partial charge in [-0.3, -0.25) is 4.79 Å². The molecule has 1 fully saturated rings. The van der Waals surface area contributed by atoms with E-state index in [0.717, 1.165) is 31.7 Å². The molecule has 25 heavy (non-hydrogen) atoms. The number of piperidine rings is 1. The van der Waals surface area contributed by atoms with Crippen LogP contribution in [0.5, 0.6) is 11.5 Å². The van der Waals surface area contributed by atoms with Gasteiger partial charge in [-0.2, -0.15) is 0 Å². The molecular formula is C19H22BrN2O3+. The maximum Gasteiger partial charge on any atom is 0.250 e. The van der Waals surface area contributed by atoms with Crippen LogP contribution in [-0.2, 0) is 13.1 Å². The summed E-state index contributed by atoms with van der Waals surface area (Å²) in [6.07, 6.45) is 1.18. The zero-order valence-electron chi connectivity index (χ0n) is 14.2. The quantitative estimate of drug-likeness (QED) is 0.813. The Kier molecular flexibility index (Phi) is 4.33. The number of halogens is 1. The van der Waals surface area contributed by atoms with Crippen molar-refractivity contribution in [3.63, 3.8) is 0 Å². The molecular weight excluding hydrogens is 384 g/mol. The molecule has 1 aromatic heterocycles. The second-order valence-corrected chi connectivity index (χ2v) is 8.02. The lowest BCUT2D eigenvalue weighted by Crippen LogP contribution is -3.13. The molecule has 2 aromatic rings. The number of methoxy groups -OCH3 is 1. The highest BCUT2D eigenvalue weighted by atomic mass is 79.9. The van der Waals surface area contributed by atoms with E-state index in [0.29, 0.717) is 22.1 Å². The summed E-state index contributed by atoms with van der Waals surface area (Å²) in [7, 11) is 1.57. The molecule has 3 atom stereocenters. The minimum absolute atomic E-state index is 0.128. The number of benzene rings is 1. The van der Waals surface area contributed by atoms with Gasteiger partial charge < -0.3 is 19.3 Å². The van der Waals surface area contributed by atoms with Crippen molar-refractivity contribution in [2.45, 2.75) is 25.4 Å². The molecule has 4 rings (SSSR count). The molecule has 1 aromatic carbocycles. The fraction of sp³-hybridized carbons (Fsp3) is 0.421. The van der Waals surface area contributed by atoms with Crippen molar-refractivity contribution < 1.29 is 14.7 Å². The van der Waals surface area contributed by atoms with Gasteiger partial charge in [-0.05, 0) is 40.5 Å². The van der Waals surface area contributed by atoms with Crippen molar-refractivity contribution in [1.29, 1.82) is 0 Å². The predicted octanol–water partition coefficient (Wildman–Crippen LogP) is 1.53. The molecule has 5 nitrogen and oxygen atoms in total. The van der Waals surface area contributed by atoms with Crippen molar-refractivity contribution in [2.75, 3.05) is 20.2 Å². The van der Waals surface area contributed by atoms with Gasteiger partial charge in [0.15, 0.2) is 11.5 Å². The second-order valence-electron chi connectivity index (χ2n) is 7.16. The lowest BCUT2D eigenvalue weighted by atomic mass is 9.83. The monoisotopic (exact) mass is 405 g/mol. The minimum Gasteiger partial charge on any atom is -0.503 e. The first-order valence-electron chi connectivity index (χ1n) is 8.64. The Bertz CT molecular complexity index is 864. The van der Waals surface area contributed by atoms with Gasteiger partial charge in [0.25, 0.3) is 5.56 Å². The summed E-state index contributed by atoms with van der Waals surface area (Å²) in [6, 6.07) is 9.52. The maximum absolute atomic E-state index is 12.1. The number of hydrogen-bond donors (Lipinski definition) is 2. The van der Waals surface area contributed by atoms with Crippen LogP contribution in [0, 0.1) is 5.92 Å². The number of fused-ring (bicyclic) bond motifs is 4. The number of rotatable bonds is 3. The molecule has 0 radical (unpaired) electrons. The number of aromatic nitrogens is 1. The highest BCUT2D eigenvalue weighted by Crippen LogP contribution is 2.35. The number of quaternary nitrogens is 1. The van der Waals surface area contributed by atoms with E-state index in [2.05, 4.69) is 22.0 Å². The molecule has 0 amide bonds. The normalized spacial score (nSPS) is 24.6. The number of pyridine rings is 1. The number of phenolic OH excluding ortho intramolecular Hbond substituents is 1. The van der Waals surface area contributed by atoms with E-state index in [9.17, 15) is 9.90 Å². The molecule has 2 aliphatic rings. The van der Waals surface area contributed by atoms with E-state index in [1.807, 2.05) is 22.8 Å². The summed E-state index contributed by atoms with van der Waals surface area (Å²) in [5.41, 5.74) is 2.45. The van der Waals surface area contributed by atoms with Gasteiger partial charge in [0.2, 0.25) is 0 Å². The van der Waals surface area contributed by atoms with Gasteiger partial charge in [-0.25, -0.2) is 0 Å². The fourth-order valence-corrected chi connectivity index (χ4v) is 4.93. The third kappa shape index (κ3) is 3.09. The summed E-state index contributed by atoms with van der Waals surface area (Å²) < 4.78 is 7.89. The van der Waals surface area contributed by atoms with Crippen molar-refractivity contribution in [3.8, 4) is 11.5 Å². The van der Waals surface area contributed by atoms with E-state index in [-0.39, 0.29) is 11.3 Å². The van der Waals surface area contributed by atoms with Crippen LogP contribution in [0.1, 0.15) is 23.6 Å². The smallest absolute Gasteiger partial charge is 0.250 e. The van der Waals surface area contributed by atoms with Gasteiger partial charge in [-0.1, -0.05) is 6.07 Å². The molecule has 0 spiro atoms. The van der Waals surface area contributed by atoms with E-state index >= 15 is 0 Å². The molecule has 132 valence electrons. The number of phenols is 1. The third-order valence-corrected chi connectivity index (χ3v) is 6.04. The highest BCUT2D eigenvalue weighted by molar-refractivity contribution is 9.10. The van der Waals surface area contributed by atoms with Crippen LogP contribution < -0.4 is 15.2 Å². The van der Waals surface area contributed by atoms with Crippen LogP contribution in [0.15, 0.2) is 39.6 Å². The van der Waals surface area contributed by atoms with Gasteiger partial charge in [0, 0.05) is 35.7 Å². The number of likely N-dealkylation sites (tertiary alicyclic amines) is 1. The molecule has 6 heteroatoms. The Morgan fingerprint density at radius 2 is 2.20 bits per heavy atom. The summed E-state index contributed by atoms with van der Waals surface area (Å²) in [5.74, 6) is 1.63.